The normalized spacial score (nSPS) is 12.0. The van der Waals surface area contributed by atoms with Crippen LogP contribution < -0.4 is 0 Å². The van der Waals surface area contributed by atoms with Crippen molar-refractivity contribution in [3.8, 4) is 0 Å². The molecule has 0 aromatic heterocycles. The molecular formula is C49H100O2. The van der Waals surface area contributed by atoms with E-state index in [-0.39, 0.29) is 5.41 Å². The van der Waals surface area contributed by atoms with Crippen molar-refractivity contribution in [1.82, 2.24) is 0 Å². The van der Waals surface area contributed by atoms with Gasteiger partial charge in [0.15, 0.2) is 0 Å². The lowest BCUT2D eigenvalue weighted by molar-refractivity contribution is -0.00512. The van der Waals surface area contributed by atoms with Gasteiger partial charge in [-0.15, -0.1) is 0 Å². The van der Waals surface area contributed by atoms with Crippen molar-refractivity contribution in [2.45, 2.75) is 285 Å². The van der Waals surface area contributed by atoms with Crippen molar-refractivity contribution < 1.29 is 9.47 Å². The summed E-state index contributed by atoms with van der Waals surface area (Å²) in [4.78, 5) is 0. The Balaban J connectivity index is 3.24. The zero-order valence-electron chi connectivity index (χ0n) is 36.4. The van der Waals surface area contributed by atoms with Gasteiger partial charge in [0, 0.05) is 18.6 Å². The molecule has 51 heavy (non-hydrogen) atoms. The predicted octanol–water partition coefficient (Wildman–Crippen LogP) is 17.7. The molecule has 0 unspecified atom stereocenters. The van der Waals surface area contributed by atoms with Crippen molar-refractivity contribution >= 4 is 0 Å². The molecule has 0 aromatic carbocycles. The highest BCUT2D eigenvalue weighted by molar-refractivity contribution is 4.67. The molecule has 0 N–H and O–H groups in total. The summed E-state index contributed by atoms with van der Waals surface area (Å²) < 4.78 is 12.1. The van der Waals surface area contributed by atoms with Crippen LogP contribution in [0.5, 0.6) is 0 Å². The standard InChI is InChI=1S/C49H100O2/c1-5-7-9-11-13-15-17-19-21-23-25-27-29-31-33-35-37-39-41-43-45-50-47-49(3,4)48-51-46-44-42-40-38-36-34-32-30-28-26-24-22-20-18-16-14-12-10-8-6-2/h5-48H2,1-4H3. The summed E-state index contributed by atoms with van der Waals surface area (Å²) in [5.74, 6) is 0. The monoisotopic (exact) mass is 721 g/mol. The summed E-state index contributed by atoms with van der Waals surface area (Å²) in [7, 11) is 0. The molecule has 0 atom stereocenters. The largest absolute Gasteiger partial charge is 0.381 e. The van der Waals surface area contributed by atoms with E-state index in [0.29, 0.717) is 0 Å². The van der Waals surface area contributed by atoms with E-state index in [1.807, 2.05) is 0 Å². The van der Waals surface area contributed by atoms with Crippen LogP contribution in [0.3, 0.4) is 0 Å². The molecule has 0 aliphatic rings. The van der Waals surface area contributed by atoms with Gasteiger partial charge in [-0.05, 0) is 12.8 Å². The van der Waals surface area contributed by atoms with Gasteiger partial charge in [0.2, 0.25) is 0 Å². The molecule has 308 valence electrons. The maximum Gasteiger partial charge on any atom is 0.0539 e. The molecule has 0 heterocycles. The van der Waals surface area contributed by atoms with Gasteiger partial charge < -0.3 is 9.47 Å². The van der Waals surface area contributed by atoms with Crippen molar-refractivity contribution in [3.63, 3.8) is 0 Å². The minimum Gasteiger partial charge on any atom is -0.381 e. The van der Waals surface area contributed by atoms with Crippen molar-refractivity contribution in [2.24, 2.45) is 5.41 Å². The third-order valence-corrected chi connectivity index (χ3v) is 11.3. The average molecular weight is 721 g/mol. The zero-order chi connectivity index (χ0) is 37.0. The van der Waals surface area contributed by atoms with Crippen LogP contribution in [0.25, 0.3) is 0 Å². The third kappa shape index (κ3) is 46.0. The molecule has 2 nitrogen and oxygen atoms in total. The van der Waals surface area contributed by atoms with Gasteiger partial charge in [-0.1, -0.05) is 272 Å². The summed E-state index contributed by atoms with van der Waals surface area (Å²) in [5, 5.41) is 0. The van der Waals surface area contributed by atoms with Gasteiger partial charge in [0.05, 0.1) is 13.2 Å². The first-order valence-corrected chi connectivity index (χ1v) is 24.3. The summed E-state index contributed by atoms with van der Waals surface area (Å²) in [6.07, 6.45) is 57.3. The molecule has 0 rings (SSSR count). The minimum atomic E-state index is 0.126. The van der Waals surface area contributed by atoms with Crippen LogP contribution in [-0.4, -0.2) is 26.4 Å². The third-order valence-electron chi connectivity index (χ3n) is 11.3. The number of rotatable bonds is 46. The fraction of sp³-hybridized carbons (Fsp3) is 1.00. The highest BCUT2D eigenvalue weighted by Crippen LogP contribution is 2.19. The van der Waals surface area contributed by atoms with Crippen molar-refractivity contribution in [3.05, 3.63) is 0 Å². The Kier molecular flexibility index (Phi) is 44.2. The quantitative estimate of drug-likeness (QED) is 0.0583. The molecule has 0 bridgehead atoms. The van der Waals surface area contributed by atoms with E-state index in [1.54, 1.807) is 0 Å². The second-order valence-corrected chi connectivity index (χ2v) is 17.7. The average Bonchev–Trinajstić information content (AvgIpc) is 3.12. The van der Waals surface area contributed by atoms with Crippen LogP contribution in [-0.2, 0) is 9.47 Å². The summed E-state index contributed by atoms with van der Waals surface area (Å²) >= 11 is 0. The number of hydrogen-bond donors (Lipinski definition) is 0. The SMILES string of the molecule is CCCCCCCCCCCCCCCCCCCCCCOCC(C)(C)COCCCCCCCCCCCCCCCCCCCCCC. The van der Waals surface area contributed by atoms with Crippen LogP contribution >= 0.6 is 0 Å². The van der Waals surface area contributed by atoms with E-state index < -0.39 is 0 Å². The second-order valence-electron chi connectivity index (χ2n) is 17.7. The lowest BCUT2D eigenvalue weighted by Gasteiger charge is -2.24. The van der Waals surface area contributed by atoms with Crippen LogP contribution in [0.2, 0.25) is 0 Å². The maximum atomic E-state index is 6.06. The van der Waals surface area contributed by atoms with Crippen LogP contribution in [0.1, 0.15) is 285 Å². The summed E-state index contributed by atoms with van der Waals surface area (Å²) in [6, 6.07) is 0. The summed E-state index contributed by atoms with van der Waals surface area (Å²) in [5.41, 5.74) is 0.126. The van der Waals surface area contributed by atoms with E-state index in [9.17, 15) is 0 Å². The Morgan fingerprint density at radius 2 is 0.392 bits per heavy atom. The van der Waals surface area contributed by atoms with Gasteiger partial charge in [-0.25, -0.2) is 0 Å². The molecule has 0 spiro atoms. The Morgan fingerprint density at radius 1 is 0.235 bits per heavy atom. The Morgan fingerprint density at radius 3 is 0.569 bits per heavy atom. The number of unbranched alkanes of at least 4 members (excludes halogenated alkanes) is 38. The van der Waals surface area contributed by atoms with Crippen LogP contribution in [0.4, 0.5) is 0 Å². The Bertz CT molecular complexity index is 551. The molecule has 0 aromatic rings. The maximum absolute atomic E-state index is 6.06. The lowest BCUT2D eigenvalue weighted by atomic mass is 9.96. The van der Waals surface area contributed by atoms with E-state index >= 15 is 0 Å². The Hall–Kier alpha value is -0.0800. The lowest BCUT2D eigenvalue weighted by Crippen LogP contribution is -2.26. The zero-order valence-corrected chi connectivity index (χ0v) is 36.4. The molecule has 0 saturated carbocycles. The molecule has 0 aliphatic heterocycles. The topological polar surface area (TPSA) is 18.5 Å². The molecule has 0 fully saturated rings. The fourth-order valence-electron chi connectivity index (χ4n) is 7.66. The van der Waals surface area contributed by atoms with Crippen molar-refractivity contribution in [2.75, 3.05) is 26.4 Å². The van der Waals surface area contributed by atoms with E-state index in [0.717, 1.165) is 26.4 Å². The molecule has 0 aliphatic carbocycles. The first kappa shape index (κ1) is 50.9. The fourth-order valence-corrected chi connectivity index (χ4v) is 7.66. The first-order valence-electron chi connectivity index (χ1n) is 24.3. The van der Waals surface area contributed by atoms with E-state index in [1.165, 1.54) is 257 Å². The highest BCUT2D eigenvalue weighted by Gasteiger charge is 2.18. The Labute approximate surface area is 324 Å². The van der Waals surface area contributed by atoms with Gasteiger partial charge in [-0.2, -0.15) is 0 Å². The predicted molar refractivity (Wildman–Crippen MR) is 231 cm³/mol. The molecular weight excluding hydrogens is 621 g/mol. The number of hydrogen-bond acceptors (Lipinski definition) is 2. The minimum absolute atomic E-state index is 0.126. The molecule has 2 heteroatoms. The first-order chi connectivity index (χ1) is 25.1. The van der Waals surface area contributed by atoms with E-state index in [2.05, 4.69) is 27.7 Å². The second kappa shape index (κ2) is 44.3. The molecule has 0 saturated heterocycles. The number of ether oxygens (including phenoxy) is 2. The van der Waals surface area contributed by atoms with Gasteiger partial charge in [0.1, 0.15) is 0 Å². The smallest absolute Gasteiger partial charge is 0.0539 e. The van der Waals surface area contributed by atoms with Crippen molar-refractivity contribution in [1.29, 1.82) is 0 Å². The van der Waals surface area contributed by atoms with Gasteiger partial charge in [-0.3, -0.25) is 0 Å². The van der Waals surface area contributed by atoms with E-state index in [4.69, 9.17) is 9.47 Å². The summed E-state index contributed by atoms with van der Waals surface area (Å²) in [6.45, 7) is 12.7. The van der Waals surface area contributed by atoms with Crippen LogP contribution in [0, 0.1) is 5.41 Å². The van der Waals surface area contributed by atoms with Gasteiger partial charge in [0.25, 0.3) is 0 Å². The van der Waals surface area contributed by atoms with Crippen LogP contribution in [0.15, 0.2) is 0 Å². The van der Waals surface area contributed by atoms with Gasteiger partial charge >= 0.3 is 0 Å². The molecule has 0 radical (unpaired) electrons. The highest BCUT2D eigenvalue weighted by atomic mass is 16.5. The molecule has 0 amide bonds.